The molecule has 10 N–H and O–H groups in total. The van der Waals surface area contributed by atoms with Gasteiger partial charge in [0.1, 0.15) is 18.1 Å². The van der Waals surface area contributed by atoms with Gasteiger partial charge in [0.05, 0.1) is 12.4 Å². The van der Waals surface area contributed by atoms with E-state index in [9.17, 15) is 33.9 Å². The number of H-pyrrole nitrogens is 1. The summed E-state index contributed by atoms with van der Waals surface area (Å²) in [6.45, 7) is 3.37. The molecule has 4 unspecified atom stereocenters. The van der Waals surface area contributed by atoms with Crippen molar-refractivity contribution < 1.29 is 39.0 Å². The minimum Gasteiger partial charge on any atom is -0.481 e. The zero-order valence-corrected chi connectivity index (χ0v) is 20.0. The molecular formula is C21H33N7O8. The van der Waals surface area contributed by atoms with Crippen LogP contribution in [0.4, 0.5) is 0 Å². The van der Waals surface area contributed by atoms with Crippen LogP contribution >= 0.6 is 0 Å². The first-order chi connectivity index (χ1) is 16.8. The van der Waals surface area contributed by atoms with Crippen LogP contribution in [0.3, 0.4) is 0 Å². The maximum absolute atomic E-state index is 12.9. The highest BCUT2D eigenvalue weighted by Crippen LogP contribution is 2.06. The molecule has 0 bridgehead atoms. The lowest BCUT2D eigenvalue weighted by molar-refractivity contribution is -0.142. The van der Waals surface area contributed by atoms with Crippen LogP contribution in [0, 0.1) is 5.92 Å². The Morgan fingerprint density at radius 1 is 0.917 bits per heavy atom. The van der Waals surface area contributed by atoms with E-state index in [1.165, 1.54) is 12.5 Å². The molecule has 4 atom stereocenters. The van der Waals surface area contributed by atoms with Gasteiger partial charge in [-0.05, 0) is 18.8 Å². The zero-order valence-electron chi connectivity index (χ0n) is 20.0. The molecule has 4 amide bonds. The molecule has 0 aromatic carbocycles. The molecule has 1 aromatic rings. The van der Waals surface area contributed by atoms with Crippen LogP contribution in [0.2, 0.25) is 0 Å². The molecule has 1 rings (SSSR count). The summed E-state index contributed by atoms with van der Waals surface area (Å²) in [5, 5.41) is 25.5. The average Bonchev–Trinajstić information content (AvgIpc) is 3.30. The van der Waals surface area contributed by atoms with Crippen LogP contribution in [0.5, 0.6) is 0 Å². The molecule has 0 saturated carbocycles. The summed E-state index contributed by atoms with van der Waals surface area (Å²) in [6, 6.07) is -5.13. The van der Waals surface area contributed by atoms with E-state index in [1.807, 2.05) is 0 Å². The molecule has 0 radical (unpaired) electrons. The van der Waals surface area contributed by atoms with E-state index < -0.39 is 66.2 Å². The number of carbonyl (C=O) groups excluding carboxylic acids is 4. The summed E-state index contributed by atoms with van der Waals surface area (Å²) in [4.78, 5) is 78.6. The van der Waals surface area contributed by atoms with E-state index in [4.69, 9.17) is 16.6 Å². The number of carboxylic acid groups (broad SMARTS) is 2. The summed E-state index contributed by atoms with van der Waals surface area (Å²) >= 11 is 0. The molecule has 0 aliphatic carbocycles. The predicted octanol–water partition coefficient (Wildman–Crippen LogP) is -2.40. The minimum absolute atomic E-state index is 0.137. The number of carboxylic acids is 2. The number of nitrogens with one attached hydrogen (secondary N) is 4. The van der Waals surface area contributed by atoms with E-state index >= 15 is 0 Å². The number of aromatic nitrogens is 2. The first kappa shape index (κ1) is 30.0. The number of primary amides is 1. The molecule has 0 aliphatic heterocycles. The van der Waals surface area contributed by atoms with Crippen LogP contribution in [-0.2, 0) is 35.2 Å². The molecule has 0 aliphatic rings. The van der Waals surface area contributed by atoms with Crippen molar-refractivity contribution in [1.29, 1.82) is 0 Å². The van der Waals surface area contributed by atoms with Gasteiger partial charge in [-0.15, -0.1) is 0 Å². The number of amides is 4. The average molecular weight is 512 g/mol. The van der Waals surface area contributed by atoms with E-state index in [0.29, 0.717) is 5.69 Å². The number of rotatable bonds is 16. The van der Waals surface area contributed by atoms with Crippen LogP contribution in [0.25, 0.3) is 0 Å². The zero-order chi connectivity index (χ0) is 27.4. The normalized spacial score (nSPS) is 14.2. The second-order valence-corrected chi connectivity index (χ2v) is 8.51. The summed E-state index contributed by atoms with van der Waals surface area (Å²) in [5.74, 6) is -6.14. The highest BCUT2D eigenvalue weighted by molar-refractivity contribution is 5.94. The Morgan fingerprint density at radius 2 is 1.44 bits per heavy atom. The number of carbonyl (C=O) groups is 6. The number of aliphatic carboxylic acids is 2. The Morgan fingerprint density at radius 3 is 1.89 bits per heavy atom. The standard InChI is InChI=1S/C21H33N7O8/c1-10(2)17(23)20(34)27-13(4-6-16(30)31)18(32)26-12(3-5-15(22)29)19(33)28-14(21(35)36)7-11-8-24-9-25-11/h8-10,12-14,17H,3-7,23H2,1-2H3,(H2,22,29)(H,24,25)(H,26,32)(H,27,34)(H,28,33)(H,30,31)(H,35,36). The summed E-state index contributed by atoms with van der Waals surface area (Å²) < 4.78 is 0. The van der Waals surface area contributed by atoms with Crippen molar-refractivity contribution in [1.82, 2.24) is 25.9 Å². The first-order valence-electron chi connectivity index (χ1n) is 11.2. The van der Waals surface area contributed by atoms with Gasteiger partial charge in [0, 0.05) is 31.2 Å². The molecule has 15 heteroatoms. The van der Waals surface area contributed by atoms with Crippen molar-refractivity contribution in [3.05, 3.63) is 18.2 Å². The van der Waals surface area contributed by atoms with Crippen LogP contribution < -0.4 is 27.4 Å². The molecule has 36 heavy (non-hydrogen) atoms. The van der Waals surface area contributed by atoms with Crippen molar-refractivity contribution in [3.8, 4) is 0 Å². The number of aromatic amines is 1. The number of nitrogens with zero attached hydrogens (tertiary/aromatic N) is 1. The third kappa shape index (κ3) is 10.5. The molecule has 0 saturated heterocycles. The summed E-state index contributed by atoms with van der Waals surface area (Å²) in [5.41, 5.74) is 11.4. The van der Waals surface area contributed by atoms with Crippen LogP contribution in [0.1, 0.15) is 45.2 Å². The monoisotopic (exact) mass is 511 g/mol. The lowest BCUT2D eigenvalue weighted by atomic mass is 10.0. The van der Waals surface area contributed by atoms with Crippen molar-refractivity contribution in [2.45, 2.75) is 70.1 Å². The quantitative estimate of drug-likeness (QED) is 0.117. The Balaban J connectivity index is 3.04. The van der Waals surface area contributed by atoms with Crippen molar-refractivity contribution in [2.75, 3.05) is 0 Å². The first-order valence-corrected chi connectivity index (χ1v) is 11.2. The Bertz CT molecular complexity index is 935. The lowest BCUT2D eigenvalue weighted by Gasteiger charge is -2.25. The van der Waals surface area contributed by atoms with Crippen molar-refractivity contribution >= 4 is 35.6 Å². The Kier molecular flexibility index (Phi) is 12.0. The predicted molar refractivity (Wildman–Crippen MR) is 124 cm³/mol. The third-order valence-electron chi connectivity index (χ3n) is 5.21. The van der Waals surface area contributed by atoms with Crippen molar-refractivity contribution in [3.63, 3.8) is 0 Å². The molecule has 0 spiro atoms. The van der Waals surface area contributed by atoms with E-state index in [1.54, 1.807) is 13.8 Å². The van der Waals surface area contributed by atoms with Gasteiger partial charge >= 0.3 is 11.9 Å². The fourth-order valence-electron chi connectivity index (χ4n) is 3.02. The van der Waals surface area contributed by atoms with E-state index in [2.05, 4.69) is 25.9 Å². The van der Waals surface area contributed by atoms with Gasteiger partial charge in [-0.3, -0.25) is 24.0 Å². The second-order valence-electron chi connectivity index (χ2n) is 8.51. The number of hydrogen-bond acceptors (Lipinski definition) is 8. The topological polar surface area (TPSA) is 260 Å². The van der Waals surface area contributed by atoms with Gasteiger partial charge in [-0.1, -0.05) is 13.8 Å². The largest absolute Gasteiger partial charge is 0.481 e. The second kappa shape index (κ2) is 14.4. The smallest absolute Gasteiger partial charge is 0.326 e. The van der Waals surface area contributed by atoms with Gasteiger partial charge in [0.25, 0.3) is 0 Å². The van der Waals surface area contributed by atoms with E-state index in [0.717, 1.165) is 0 Å². The Labute approximate surface area is 206 Å². The lowest BCUT2D eigenvalue weighted by Crippen LogP contribution is -2.57. The van der Waals surface area contributed by atoms with Crippen LogP contribution in [0.15, 0.2) is 12.5 Å². The molecular weight excluding hydrogens is 478 g/mol. The number of nitrogens with two attached hydrogens (primary N) is 2. The molecule has 15 nitrogen and oxygen atoms in total. The molecule has 1 aromatic heterocycles. The molecule has 0 fully saturated rings. The van der Waals surface area contributed by atoms with Crippen molar-refractivity contribution in [2.24, 2.45) is 17.4 Å². The Hall–Kier alpha value is -4.01. The van der Waals surface area contributed by atoms with Gasteiger partial charge in [0.2, 0.25) is 23.6 Å². The van der Waals surface area contributed by atoms with Gasteiger partial charge in [-0.25, -0.2) is 9.78 Å². The van der Waals surface area contributed by atoms with Gasteiger partial charge < -0.3 is 42.6 Å². The highest BCUT2D eigenvalue weighted by Gasteiger charge is 2.31. The van der Waals surface area contributed by atoms with Gasteiger partial charge in [0.15, 0.2) is 0 Å². The highest BCUT2D eigenvalue weighted by atomic mass is 16.4. The van der Waals surface area contributed by atoms with Crippen LogP contribution in [-0.4, -0.2) is 79.9 Å². The van der Waals surface area contributed by atoms with E-state index in [-0.39, 0.29) is 31.6 Å². The maximum atomic E-state index is 12.9. The SMILES string of the molecule is CC(C)C(N)C(=O)NC(CCC(=O)O)C(=O)NC(CCC(N)=O)C(=O)NC(Cc1cnc[nH]1)C(=O)O. The fourth-order valence-corrected chi connectivity index (χ4v) is 3.02. The minimum atomic E-state index is -1.41. The molecule has 1 heterocycles. The molecule has 200 valence electrons. The third-order valence-corrected chi connectivity index (χ3v) is 5.21. The fraction of sp³-hybridized carbons (Fsp3) is 0.571. The summed E-state index contributed by atoms with van der Waals surface area (Å²) in [7, 11) is 0. The number of hydrogen-bond donors (Lipinski definition) is 8. The maximum Gasteiger partial charge on any atom is 0.326 e. The summed E-state index contributed by atoms with van der Waals surface area (Å²) in [6.07, 6.45) is 1.21. The number of imidazole rings is 1. The van der Waals surface area contributed by atoms with Gasteiger partial charge in [-0.2, -0.15) is 0 Å².